The second-order valence-electron chi connectivity index (χ2n) is 4.02. The van der Waals surface area contributed by atoms with Crippen molar-refractivity contribution in [2.24, 2.45) is 0 Å². The first-order chi connectivity index (χ1) is 8.94. The van der Waals surface area contributed by atoms with Crippen LogP contribution in [0.5, 0.6) is 0 Å². The van der Waals surface area contributed by atoms with Gasteiger partial charge in [-0.3, -0.25) is 0 Å². The molecule has 0 fully saturated rings. The normalized spacial score (nSPS) is 11.9. The molecule has 2 heterocycles. The van der Waals surface area contributed by atoms with Crippen molar-refractivity contribution in [2.45, 2.75) is 31.9 Å². The number of aliphatic hydroxyl groups excluding tert-OH is 1. The second kappa shape index (κ2) is 5.68. The van der Waals surface area contributed by atoms with E-state index in [0.29, 0.717) is 10.4 Å². The fourth-order valence-electron chi connectivity index (χ4n) is 1.67. The number of sulfonamides is 1. The van der Waals surface area contributed by atoms with Crippen molar-refractivity contribution in [3.8, 4) is 0 Å². The van der Waals surface area contributed by atoms with Crippen molar-refractivity contribution in [3.63, 3.8) is 0 Å². The van der Waals surface area contributed by atoms with E-state index in [9.17, 15) is 13.5 Å². The molecule has 0 radical (unpaired) electrons. The van der Waals surface area contributed by atoms with E-state index in [0.717, 1.165) is 9.88 Å². The van der Waals surface area contributed by atoms with E-state index in [1.807, 2.05) is 6.92 Å². The quantitative estimate of drug-likeness (QED) is 0.881. The third-order valence-electron chi connectivity index (χ3n) is 2.48. The Morgan fingerprint density at radius 1 is 1.42 bits per heavy atom. The molecule has 19 heavy (non-hydrogen) atoms. The number of aryl methyl sites for hydroxylation is 2. The lowest BCUT2D eigenvalue weighted by Gasteiger charge is -2.06. The van der Waals surface area contributed by atoms with Gasteiger partial charge in [-0.15, -0.1) is 22.7 Å². The fourth-order valence-corrected chi connectivity index (χ4v) is 5.13. The van der Waals surface area contributed by atoms with Gasteiger partial charge in [0.25, 0.3) is 0 Å². The Morgan fingerprint density at radius 3 is 2.74 bits per heavy atom. The largest absolute Gasteiger partial charge is 0.391 e. The van der Waals surface area contributed by atoms with E-state index < -0.39 is 10.0 Å². The Hall–Kier alpha value is -0.800. The van der Waals surface area contributed by atoms with E-state index >= 15 is 0 Å². The number of hydrogen-bond donors (Lipinski definition) is 2. The fraction of sp³-hybridized carbons (Fsp3) is 0.364. The van der Waals surface area contributed by atoms with Crippen LogP contribution in [0.15, 0.2) is 16.5 Å². The highest BCUT2D eigenvalue weighted by Crippen LogP contribution is 2.27. The maximum Gasteiger partial charge on any atom is 0.242 e. The van der Waals surface area contributed by atoms with Gasteiger partial charge in [-0.1, -0.05) is 0 Å². The molecule has 0 saturated carbocycles. The van der Waals surface area contributed by atoms with Gasteiger partial charge in [0.1, 0.15) is 9.90 Å². The van der Waals surface area contributed by atoms with E-state index in [-0.39, 0.29) is 18.0 Å². The van der Waals surface area contributed by atoms with Crippen molar-refractivity contribution < 1.29 is 13.5 Å². The first-order valence-electron chi connectivity index (χ1n) is 5.53. The summed E-state index contributed by atoms with van der Waals surface area (Å²) in [5, 5.41) is 11.6. The molecule has 0 bridgehead atoms. The molecule has 0 aromatic carbocycles. The van der Waals surface area contributed by atoms with Crippen molar-refractivity contribution in [3.05, 3.63) is 31.9 Å². The smallest absolute Gasteiger partial charge is 0.242 e. The zero-order valence-electron chi connectivity index (χ0n) is 10.5. The predicted octanol–water partition coefficient (Wildman–Crippen LogP) is 1.79. The summed E-state index contributed by atoms with van der Waals surface area (Å²) >= 11 is 2.70. The Labute approximate surface area is 120 Å². The highest BCUT2D eigenvalue weighted by atomic mass is 32.2. The number of aliphatic hydroxyl groups is 1. The van der Waals surface area contributed by atoms with Gasteiger partial charge in [0.05, 0.1) is 18.0 Å². The minimum absolute atomic E-state index is 0.168. The number of thiophene rings is 1. The molecule has 2 N–H and O–H groups in total. The summed E-state index contributed by atoms with van der Waals surface area (Å²) in [6, 6.07) is 0. The minimum atomic E-state index is -3.61. The molecular weight excluding hydrogens is 304 g/mol. The van der Waals surface area contributed by atoms with E-state index in [1.165, 1.54) is 22.7 Å². The second-order valence-corrected chi connectivity index (χ2v) is 8.01. The minimum Gasteiger partial charge on any atom is -0.391 e. The Bertz CT molecular complexity index is 673. The molecule has 0 aliphatic rings. The third-order valence-corrected chi connectivity index (χ3v) is 6.25. The molecule has 0 aliphatic heterocycles. The van der Waals surface area contributed by atoms with Crippen molar-refractivity contribution in [2.75, 3.05) is 0 Å². The molecule has 5 nitrogen and oxygen atoms in total. The van der Waals surface area contributed by atoms with Crippen LogP contribution in [0.1, 0.15) is 20.3 Å². The highest BCUT2D eigenvalue weighted by molar-refractivity contribution is 7.89. The van der Waals surface area contributed by atoms with Gasteiger partial charge in [-0.2, -0.15) is 0 Å². The van der Waals surface area contributed by atoms with Gasteiger partial charge in [0.2, 0.25) is 10.0 Å². The lowest BCUT2D eigenvalue weighted by Crippen LogP contribution is -2.24. The average molecular weight is 318 g/mol. The summed E-state index contributed by atoms with van der Waals surface area (Å²) < 4.78 is 27.0. The van der Waals surface area contributed by atoms with Gasteiger partial charge in [0.15, 0.2) is 0 Å². The van der Waals surface area contributed by atoms with Gasteiger partial charge >= 0.3 is 0 Å². The number of aromatic nitrogens is 1. The number of nitrogens with one attached hydrogen (secondary N) is 1. The topological polar surface area (TPSA) is 79.3 Å². The van der Waals surface area contributed by atoms with Crippen LogP contribution in [0.2, 0.25) is 0 Å². The van der Waals surface area contributed by atoms with E-state index in [4.69, 9.17) is 0 Å². The van der Waals surface area contributed by atoms with Crippen molar-refractivity contribution in [1.82, 2.24) is 9.71 Å². The summed E-state index contributed by atoms with van der Waals surface area (Å²) in [4.78, 5) is 5.80. The zero-order valence-corrected chi connectivity index (χ0v) is 13.0. The first-order valence-corrected chi connectivity index (χ1v) is 8.71. The SMILES string of the molecule is Cc1cnc(CNS(=O)(=O)c2c(C)csc2CO)s1. The zero-order chi connectivity index (χ0) is 14.0. The molecule has 104 valence electrons. The van der Waals surface area contributed by atoms with Crippen LogP contribution in [-0.4, -0.2) is 18.5 Å². The van der Waals surface area contributed by atoms with Gasteiger partial charge in [-0.25, -0.2) is 18.1 Å². The van der Waals surface area contributed by atoms with Gasteiger partial charge in [-0.05, 0) is 24.8 Å². The molecule has 0 unspecified atom stereocenters. The molecule has 0 amide bonds. The van der Waals surface area contributed by atoms with Crippen LogP contribution in [0, 0.1) is 13.8 Å². The Kier molecular flexibility index (Phi) is 4.36. The van der Waals surface area contributed by atoms with Crippen LogP contribution < -0.4 is 4.72 Å². The van der Waals surface area contributed by atoms with Crippen molar-refractivity contribution in [1.29, 1.82) is 0 Å². The number of hydrogen-bond acceptors (Lipinski definition) is 6. The summed E-state index contributed by atoms with van der Waals surface area (Å²) in [7, 11) is -3.61. The lowest BCUT2D eigenvalue weighted by molar-refractivity contribution is 0.282. The van der Waals surface area contributed by atoms with Crippen LogP contribution in [-0.2, 0) is 23.2 Å². The van der Waals surface area contributed by atoms with E-state index in [1.54, 1.807) is 18.5 Å². The molecule has 2 rings (SSSR count). The monoisotopic (exact) mass is 318 g/mol. The summed E-state index contributed by atoms with van der Waals surface area (Å²) in [5.41, 5.74) is 0.650. The average Bonchev–Trinajstić information content (AvgIpc) is 2.93. The number of rotatable bonds is 5. The third kappa shape index (κ3) is 3.21. The molecule has 0 atom stereocenters. The molecule has 2 aromatic heterocycles. The molecule has 0 spiro atoms. The lowest BCUT2D eigenvalue weighted by atomic mass is 10.3. The highest BCUT2D eigenvalue weighted by Gasteiger charge is 2.22. The van der Waals surface area contributed by atoms with Crippen molar-refractivity contribution >= 4 is 32.7 Å². The van der Waals surface area contributed by atoms with Crippen LogP contribution in [0.3, 0.4) is 0 Å². The number of thiazole rings is 1. The van der Waals surface area contributed by atoms with Gasteiger partial charge in [0, 0.05) is 11.1 Å². The molecule has 0 aliphatic carbocycles. The summed E-state index contributed by atoms with van der Waals surface area (Å²) in [6.07, 6.45) is 1.71. The van der Waals surface area contributed by atoms with E-state index in [2.05, 4.69) is 9.71 Å². The predicted molar refractivity (Wildman–Crippen MR) is 75.9 cm³/mol. The number of nitrogens with zero attached hydrogens (tertiary/aromatic N) is 1. The Morgan fingerprint density at radius 2 is 2.16 bits per heavy atom. The standard InChI is InChI=1S/C11H14N2O3S3/c1-7-6-17-9(5-14)11(7)19(15,16)13-4-10-12-3-8(2)18-10/h3,6,13-14H,4-5H2,1-2H3. The van der Waals surface area contributed by atoms with Crippen LogP contribution in [0.4, 0.5) is 0 Å². The first kappa shape index (κ1) is 14.6. The van der Waals surface area contributed by atoms with Gasteiger partial charge < -0.3 is 5.11 Å². The molecule has 2 aromatic rings. The molecule has 0 saturated heterocycles. The van der Waals surface area contributed by atoms with Crippen LogP contribution in [0.25, 0.3) is 0 Å². The summed E-state index contributed by atoms with van der Waals surface area (Å²) in [6.45, 7) is 3.53. The summed E-state index contributed by atoms with van der Waals surface area (Å²) in [5.74, 6) is 0. The molecule has 8 heteroatoms. The Balaban J connectivity index is 2.20. The maximum absolute atomic E-state index is 12.2. The molecular formula is C11H14N2O3S3. The maximum atomic E-state index is 12.2. The van der Waals surface area contributed by atoms with Crippen LogP contribution >= 0.6 is 22.7 Å².